The van der Waals surface area contributed by atoms with E-state index in [1.165, 1.54) is 0 Å². The second kappa shape index (κ2) is 6.65. The first kappa shape index (κ1) is 16.9. The number of rotatable bonds is 2. The summed E-state index contributed by atoms with van der Waals surface area (Å²) in [6.07, 6.45) is 0. The Bertz CT molecular complexity index is 1270. The number of benzene rings is 3. The number of aromatic nitrogens is 1. The first-order valence-corrected chi connectivity index (χ1v) is 8.81. The minimum atomic E-state index is 0.571. The van der Waals surface area contributed by atoms with Gasteiger partial charge in [-0.1, -0.05) is 23.7 Å². The molecule has 4 heteroatoms. The van der Waals surface area contributed by atoms with Gasteiger partial charge in [-0.05, 0) is 72.1 Å². The zero-order valence-corrected chi connectivity index (χ0v) is 15.3. The Kier molecular flexibility index (Phi) is 4.16. The van der Waals surface area contributed by atoms with Gasteiger partial charge in [0.1, 0.15) is 0 Å². The maximum absolute atomic E-state index is 9.14. The van der Waals surface area contributed by atoms with Gasteiger partial charge in [-0.2, -0.15) is 10.5 Å². The number of hydrogen-bond donors (Lipinski definition) is 1. The Morgan fingerprint density at radius 2 is 1.56 bits per heavy atom. The van der Waals surface area contributed by atoms with E-state index in [0.29, 0.717) is 16.1 Å². The molecule has 0 saturated heterocycles. The van der Waals surface area contributed by atoms with Crippen LogP contribution in [0.25, 0.3) is 33.3 Å². The molecule has 0 amide bonds. The first-order valence-electron chi connectivity index (χ1n) is 8.43. The number of fused-ring (bicyclic) bond motifs is 1. The molecule has 128 valence electrons. The molecule has 1 heterocycles. The molecule has 4 aromatic rings. The van der Waals surface area contributed by atoms with Gasteiger partial charge in [0.15, 0.2) is 0 Å². The van der Waals surface area contributed by atoms with Crippen LogP contribution in [0.15, 0.2) is 60.7 Å². The van der Waals surface area contributed by atoms with Crippen LogP contribution < -0.4 is 0 Å². The summed E-state index contributed by atoms with van der Waals surface area (Å²) in [6, 6.07) is 23.5. The van der Waals surface area contributed by atoms with E-state index >= 15 is 0 Å². The summed E-state index contributed by atoms with van der Waals surface area (Å²) < 4.78 is 0. The lowest BCUT2D eigenvalue weighted by Gasteiger charge is -2.06. The average molecular weight is 368 g/mol. The van der Waals surface area contributed by atoms with Crippen LogP contribution in [0.1, 0.15) is 16.7 Å². The highest BCUT2D eigenvalue weighted by atomic mass is 35.5. The third kappa shape index (κ3) is 3.06. The molecule has 27 heavy (non-hydrogen) atoms. The van der Waals surface area contributed by atoms with Gasteiger partial charge in [0.25, 0.3) is 0 Å². The van der Waals surface area contributed by atoms with Gasteiger partial charge in [0.05, 0.1) is 23.3 Å². The third-order valence-electron chi connectivity index (χ3n) is 4.67. The molecule has 0 saturated carbocycles. The van der Waals surface area contributed by atoms with Crippen molar-refractivity contribution in [2.75, 3.05) is 0 Å². The molecule has 0 aliphatic rings. The van der Waals surface area contributed by atoms with Crippen molar-refractivity contribution >= 4 is 22.5 Å². The molecule has 3 nitrogen and oxygen atoms in total. The quantitative estimate of drug-likeness (QED) is 0.458. The number of halogens is 1. The fourth-order valence-electron chi connectivity index (χ4n) is 3.30. The molecule has 0 aliphatic heterocycles. The van der Waals surface area contributed by atoms with E-state index in [4.69, 9.17) is 22.1 Å². The van der Waals surface area contributed by atoms with E-state index < -0.39 is 0 Å². The zero-order chi connectivity index (χ0) is 19.0. The fraction of sp³-hybridized carbons (Fsp3) is 0.0435. The second-order valence-electron chi connectivity index (χ2n) is 6.43. The molecule has 3 aromatic carbocycles. The topological polar surface area (TPSA) is 63.4 Å². The van der Waals surface area contributed by atoms with E-state index in [1.807, 2.05) is 37.3 Å². The van der Waals surface area contributed by atoms with Gasteiger partial charge >= 0.3 is 0 Å². The Morgan fingerprint density at radius 3 is 2.30 bits per heavy atom. The maximum Gasteiger partial charge on any atom is 0.0991 e. The predicted octanol–water partition coefficient (Wildman–Crippen LogP) is 6.21. The number of nitrogens with one attached hydrogen (secondary N) is 1. The van der Waals surface area contributed by atoms with Crippen molar-refractivity contribution in [3.05, 3.63) is 82.4 Å². The van der Waals surface area contributed by atoms with Crippen molar-refractivity contribution in [1.82, 2.24) is 4.98 Å². The van der Waals surface area contributed by atoms with Gasteiger partial charge in [-0.15, -0.1) is 0 Å². The summed E-state index contributed by atoms with van der Waals surface area (Å²) >= 11 is 6.34. The molecule has 0 fully saturated rings. The number of hydrogen-bond acceptors (Lipinski definition) is 2. The lowest BCUT2D eigenvalue weighted by atomic mass is 9.98. The number of nitrogens with zero attached hydrogens (tertiary/aromatic N) is 2. The van der Waals surface area contributed by atoms with E-state index in [1.54, 1.807) is 18.2 Å². The summed E-state index contributed by atoms with van der Waals surface area (Å²) in [5.74, 6) is 0. The fourth-order valence-corrected chi connectivity index (χ4v) is 3.52. The summed E-state index contributed by atoms with van der Waals surface area (Å²) in [5.41, 5.74) is 7.17. The van der Waals surface area contributed by atoms with E-state index in [9.17, 15) is 0 Å². The van der Waals surface area contributed by atoms with Gasteiger partial charge in [-0.3, -0.25) is 0 Å². The highest BCUT2D eigenvalue weighted by molar-refractivity contribution is 6.33. The molecule has 4 rings (SSSR count). The third-order valence-corrected chi connectivity index (χ3v) is 5.00. The van der Waals surface area contributed by atoms with Crippen LogP contribution >= 0.6 is 11.6 Å². The standard InChI is InChI=1S/C23H14ClN3/c1-14-8-15(12-25)2-5-19(14)17-4-7-22-18(10-17)11-23(27-22)20-9-16(13-26)3-6-21(20)24/h2-11,27H,1H3. The summed E-state index contributed by atoms with van der Waals surface area (Å²) in [4.78, 5) is 3.38. The molecule has 0 radical (unpaired) electrons. The monoisotopic (exact) mass is 367 g/mol. The summed E-state index contributed by atoms with van der Waals surface area (Å²) in [6.45, 7) is 2.01. The normalized spacial score (nSPS) is 10.5. The molecule has 1 aromatic heterocycles. The maximum atomic E-state index is 9.14. The lowest BCUT2D eigenvalue weighted by molar-refractivity contribution is 1.41. The SMILES string of the molecule is Cc1cc(C#N)ccc1-c1ccc2[nH]c(-c3cc(C#N)ccc3Cl)cc2c1. The predicted molar refractivity (Wildman–Crippen MR) is 108 cm³/mol. The highest BCUT2D eigenvalue weighted by Crippen LogP contribution is 2.33. The van der Waals surface area contributed by atoms with E-state index in [0.717, 1.165) is 38.9 Å². The lowest BCUT2D eigenvalue weighted by Crippen LogP contribution is -1.85. The van der Waals surface area contributed by atoms with Crippen molar-refractivity contribution in [1.29, 1.82) is 10.5 Å². The van der Waals surface area contributed by atoms with Crippen LogP contribution in [-0.4, -0.2) is 4.98 Å². The smallest absolute Gasteiger partial charge is 0.0991 e. The molecule has 0 bridgehead atoms. The van der Waals surface area contributed by atoms with Crippen LogP contribution in [0.3, 0.4) is 0 Å². The summed E-state index contributed by atoms with van der Waals surface area (Å²) in [7, 11) is 0. The van der Waals surface area contributed by atoms with Gasteiger partial charge in [-0.25, -0.2) is 0 Å². The minimum Gasteiger partial charge on any atom is -0.354 e. The minimum absolute atomic E-state index is 0.571. The van der Waals surface area contributed by atoms with Crippen LogP contribution in [0.2, 0.25) is 5.02 Å². The van der Waals surface area contributed by atoms with E-state index in [2.05, 4.69) is 29.3 Å². The molecule has 0 spiro atoms. The molecule has 1 N–H and O–H groups in total. The van der Waals surface area contributed by atoms with Crippen molar-refractivity contribution in [2.24, 2.45) is 0 Å². The van der Waals surface area contributed by atoms with E-state index in [-0.39, 0.29) is 0 Å². The van der Waals surface area contributed by atoms with Crippen molar-refractivity contribution in [2.45, 2.75) is 6.92 Å². The zero-order valence-electron chi connectivity index (χ0n) is 14.5. The van der Waals surface area contributed by atoms with Gasteiger partial charge < -0.3 is 4.98 Å². The van der Waals surface area contributed by atoms with Gasteiger partial charge in [0, 0.05) is 27.2 Å². The largest absolute Gasteiger partial charge is 0.354 e. The van der Waals surface area contributed by atoms with Crippen molar-refractivity contribution in [3.63, 3.8) is 0 Å². The molecule has 0 atom stereocenters. The number of nitriles is 2. The number of aryl methyl sites for hydroxylation is 1. The van der Waals surface area contributed by atoms with Crippen molar-refractivity contribution < 1.29 is 0 Å². The number of aromatic amines is 1. The Labute approximate surface area is 162 Å². The average Bonchev–Trinajstić information content (AvgIpc) is 3.11. The first-order chi connectivity index (χ1) is 13.1. The molecular formula is C23H14ClN3. The van der Waals surface area contributed by atoms with Crippen LogP contribution in [0.4, 0.5) is 0 Å². The van der Waals surface area contributed by atoms with Crippen LogP contribution in [0, 0.1) is 29.6 Å². The van der Waals surface area contributed by atoms with Gasteiger partial charge in [0.2, 0.25) is 0 Å². The summed E-state index contributed by atoms with van der Waals surface area (Å²) in [5, 5.41) is 19.9. The number of H-pyrrole nitrogens is 1. The van der Waals surface area contributed by atoms with Crippen LogP contribution in [0.5, 0.6) is 0 Å². The second-order valence-corrected chi connectivity index (χ2v) is 6.84. The molecular weight excluding hydrogens is 354 g/mol. The Balaban J connectivity index is 1.82. The van der Waals surface area contributed by atoms with Crippen molar-refractivity contribution in [3.8, 4) is 34.5 Å². The Morgan fingerprint density at radius 1 is 0.815 bits per heavy atom. The Hall–Kier alpha value is -3.53. The molecule has 0 aliphatic carbocycles. The highest BCUT2D eigenvalue weighted by Gasteiger charge is 2.10. The molecule has 0 unspecified atom stereocenters. The van der Waals surface area contributed by atoms with Crippen LogP contribution in [-0.2, 0) is 0 Å².